The second-order valence-electron chi connectivity index (χ2n) is 5.94. The summed E-state index contributed by atoms with van der Waals surface area (Å²) in [5.74, 6) is 1.07. The molecule has 1 unspecified atom stereocenters. The molecule has 0 bridgehead atoms. The summed E-state index contributed by atoms with van der Waals surface area (Å²) in [6.45, 7) is 0. The summed E-state index contributed by atoms with van der Waals surface area (Å²) in [4.78, 5) is 0. The van der Waals surface area contributed by atoms with Crippen molar-refractivity contribution in [2.75, 3.05) is 12.9 Å². The first-order chi connectivity index (χ1) is 12.2. The van der Waals surface area contributed by atoms with Crippen LogP contribution >= 0.6 is 12.6 Å². The van der Waals surface area contributed by atoms with Gasteiger partial charge in [0.25, 0.3) is 0 Å². The van der Waals surface area contributed by atoms with Crippen LogP contribution in [-0.2, 0) is 5.41 Å². The van der Waals surface area contributed by atoms with Crippen molar-refractivity contribution < 1.29 is 9.84 Å². The summed E-state index contributed by atoms with van der Waals surface area (Å²) in [5.41, 5.74) is 2.17. The van der Waals surface area contributed by atoms with Crippen LogP contribution in [0.1, 0.15) is 16.7 Å². The highest BCUT2D eigenvalue weighted by Crippen LogP contribution is 2.46. The van der Waals surface area contributed by atoms with E-state index in [9.17, 15) is 5.11 Å². The van der Waals surface area contributed by atoms with E-state index < -0.39 is 11.5 Å². The molecule has 0 spiro atoms. The summed E-state index contributed by atoms with van der Waals surface area (Å²) < 4.78 is 5.65. The Morgan fingerprint density at radius 2 is 1.32 bits per heavy atom. The lowest BCUT2D eigenvalue weighted by atomic mass is 9.66. The van der Waals surface area contributed by atoms with Gasteiger partial charge in [-0.05, 0) is 17.2 Å². The minimum atomic E-state index is -0.767. The molecule has 128 valence electrons. The fourth-order valence-corrected chi connectivity index (χ4v) is 3.83. The third-order valence-electron chi connectivity index (χ3n) is 4.66. The number of para-hydroxylation sites is 1. The van der Waals surface area contributed by atoms with Crippen LogP contribution in [-0.4, -0.2) is 24.1 Å². The first-order valence-electron chi connectivity index (χ1n) is 8.28. The summed E-state index contributed by atoms with van der Waals surface area (Å²) >= 11 is 4.43. The highest BCUT2D eigenvalue weighted by Gasteiger charge is 2.44. The molecule has 3 aromatic rings. The number of aliphatic hydroxyl groups is 1. The molecule has 0 fully saturated rings. The molecule has 0 radical (unpaired) electrons. The number of thiol groups is 1. The average molecular weight is 350 g/mol. The maximum Gasteiger partial charge on any atom is 0.123 e. The fraction of sp³-hybridized carbons (Fsp3) is 0.182. The summed E-state index contributed by atoms with van der Waals surface area (Å²) in [6.07, 6.45) is -0.725. The van der Waals surface area contributed by atoms with Crippen LogP contribution in [0.5, 0.6) is 5.75 Å². The minimum Gasteiger partial charge on any atom is -0.496 e. The van der Waals surface area contributed by atoms with E-state index in [0.717, 1.165) is 22.4 Å². The lowest BCUT2D eigenvalue weighted by molar-refractivity contribution is 0.143. The van der Waals surface area contributed by atoms with Gasteiger partial charge in [0.2, 0.25) is 0 Å². The average Bonchev–Trinajstić information content (AvgIpc) is 2.70. The Morgan fingerprint density at radius 1 is 0.840 bits per heavy atom. The van der Waals surface area contributed by atoms with Gasteiger partial charge < -0.3 is 9.84 Å². The van der Waals surface area contributed by atoms with Crippen LogP contribution in [0.15, 0.2) is 84.9 Å². The Hall–Kier alpha value is -2.23. The molecule has 1 N–H and O–H groups in total. The fourth-order valence-electron chi connectivity index (χ4n) is 3.55. The zero-order valence-electron chi connectivity index (χ0n) is 14.2. The molecular weight excluding hydrogens is 328 g/mol. The molecule has 1 atom stereocenters. The van der Waals surface area contributed by atoms with E-state index in [4.69, 9.17) is 4.74 Å². The van der Waals surface area contributed by atoms with Gasteiger partial charge in [-0.3, -0.25) is 0 Å². The summed E-state index contributed by atoms with van der Waals surface area (Å²) in [5, 5.41) is 11.2. The second kappa shape index (κ2) is 7.77. The van der Waals surface area contributed by atoms with E-state index >= 15 is 0 Å². The van der Waals surface area contributed by atoms with Gasteiger partial charge in [0.1, 0.15) is 5.75 Å². The van der Waals surface area contributed by atoms with Gasteiger partial charge in [0, 0.05) is 11.3 Å². The van der Waals surface area contributed by atoms with Gasteiger partial charge in [0.05, 0.1) is 18.6 Å². The van der Waals surface area contributed by atoms with Crippen LogP contribution < -0.4 is 4.74 Å². The Balaban J connectivity index is 2.41. The summed E-state index contributed by atoms with van der Waals surface area (Å²) in [7, 11) is 1.66. The largest absolute Gasteiger partial charge is 0.496 e. The third-order valence-corrected chi connectivity index (χ3v) is 5.01. The van der Waals surface area contributed by atoms with Gasteiger partial charge >= 0.3 is 0 Å². The normalized spacial score (nSPS) is 12.6. The van der Waals surface area contributed by atoms with Crippen LogP contribution in [0.25, 0.3) is 0 Å². The van der Waals surface area contributed by atoms with Crippen LogP contribution in [0.3, 0.4) is 0 Å². The van der Waals surface area contributed by atoms with Gasteiger partial charge in [-0.15, -0.1) is 0 Å². The molecule has 3 rings (SSSR count). The van der Waals surface area contributed by atoms with E-state index in [-0.39, 0.29) is 0 Å². The minimum absolute atomic E-state index is 0.321. The lowest BCUT2D eigenvalue weighted by Crippen LogP contribution is -2.43. The monoisotopic (exact) mass is 350 g/mol. The van der Waals surface area contributed by atoms with Gasteiger partial charge in [-0.1, -0.05) is 78.9 Å². The molecule has 3 aromatic carbocycles. The maximum atomic E-state index is 11.2. The highest BCUT2D eigenvalue weighted by atomic mass is 32.1. The lowest BCUT2D eigenvalue weighted by Gasteiger charge is -2.40. The quantitative estimate of drug-likeness (QED) is 0.512. The Kier molecular flexibility index (Phi) is 5.47. The summed E-state index contributed by atoms with van der Waals surface area (Å²) in [6, 6.07) is 28.0. The zero-order valence-corrected chi connectivity index (χ0v) is 15.1. The van der Waals surface area contributed by atoms with E-state index in [1.165, 1.54) is 0 Å². The molecule has 0 aromatic heterocycles. The maximum absolute atomic E-state index is 11.2. The molecule has 25 heavy (non-hydrogen) atoms. The predicted molar refractivity (Wildman–Crippen MR) is 106 cm³/mol. The van der Waals surface area contributed by atoms with Gasteiger partial charge in [-0.25, -0.2) is 0 Å². The number of methoxy groups -OCH3 is 1. The Bertz CT molecular complexity index is 763. The van der Waals surface area contributed by atoms with Crippen molar-refractivity contribution in [3.63, 3.8) is 0 Å². The molecule has 0 aliphatic carbocycles. The molecule has 0 heterocycles. The molecule has 3 heteroatoms. The molecule has 0 saturated heterocycles. The number of hydrogen-bond donors (Lipinski definition) is 2. The third kappa shape index (κ3) is 3.06. The standard InChI is InChI=1S/C22H22O2S/c1-24-20-15-9-8-14-19(20)22(21(23)16-25,17-10-4-2-5-11-17)18-12-6-3-7-13-18/h2-15,21,23,25H,16H2,1H3. The van der Waals surface area contributed by atoms with Crippen LogP contribution in [0.4, 0.5) is 0 Å². The van der Waals surface area contributed by atoms with Crippen molar-refractivity contribution in [2.24, 2.45) is 0 Å². The molecular formula is C22H22O2S. The molecule has 0 amide bonds. The van der Waals surface area contributed by atoms with Crippen LogP contribution in [0.2, 0.25) is 0 Å². The number of hydrogen-bond acceptors (Lipinski definition) is 3. The highest BCUT2D eigenvalue weighted by molar-refractivity contribution is 7.80. The smallest absolute Gasteiger partial charge is 0.123 e. The first-order valence-corrected chi connectivity index (χ1v) is 8.91. The molecule has 2 nitrogen and oxygen atoms in total. The van der Waals surface area contributed by atoms with E-state index in [1.807, 2.05) is 84.9 Å². The molecule has 0 aliphatic heterocycles. The van der Waals surface area contributed by atoms with Crippen LogP contribution in [0, 0.1) is 0 Å². The topological polar surface area (TPSA) is 29.5 Å². The molecule has 0 aliphatic rings. The number of ether oxygens (including phenoxy) is 1. The van der Waals surface area contributed by atoms with Crippen molar-refractivity contribution in [1.82, 2.24) is 0 Å². The van der Waals surface area contributed by atoms with E-state index in [0.29, 0.717) is 5.75 Å². The van der Waals surface area contributed by atoms with Crippen molar-refractivity contribution >= 4 is 12.6 Å². The Labute approximate surface area is 154 Å². The number of benzene rings is 3. The van der Waals surface area contributed by atoms with Gasteiger partial charge in [-0.2, -0.15) is 12.6 Å². The predicted octanol–water partition coefficient (Wildman–Crippen LogP) is 4.32. The van der Waals surface area contributed by atoms with E-state index in [1.54, 1.807) is 7.11 Å². The number of aliphatic hydroxyl groups excluding tert-OH is 1. The van der Waals surface area contributed by atoms with E-state index in [2.05, 4.69) is 12.6 Å². The Morgan fingerprint density at radius 3 is 1.80 bits per heavy atom. The SMILES string of the molecule is COc1ccccc1C(c1ccccc1)(c1ccccc1)C(O)CS. The van der Waals surface area contributed by atoms with Crippen molar-refractivity contribution in [1.29, 1.82) is 0 Å². The zero-order chi connectivity index (χ0) is 17.7. The molecule has 0 saturated carbocycles. The van der Waals surface area contributed by atoms with Gasteiger partial charge in [0.15, 0.2) is 0 Å². The van der Waals surface area contributed by atoms with Crippen molar-refractivity contribution in [3.8, 4) is 5.75 Å². The first kappa shape index (κ1) is 17.6. The van der Waals surface area contributed by atoms with Crippen molar-refractivity contribution in [3.05, 3.63) is 102 Å². The second-order valence-corrected chi connectivity index (χ2v) is 6.30. The van der Waals surface area contributed by atoms with Crippen molar-refractivity contribution in [2.45, 2.75) is 11.5 Å². The number of rotatable bonds is 6.